The molecule has 0 aromatic carbocycles. The van der Waals surface area contributed by atoms with Crippen LogP contribution in [0, 0.1) is 5.92 Å². The second kappa shape index (κ2) is 4.11. The minimum atomic E-state index is -0.297. The lowest BCUT2D eigenvalue weighted by molar-refractivity contribution is 0.0893. The van der Waals surface area contributed by atoms with Crippen LogP contribution < -0.4 is 11.1 Å². The largest absolute Gasteiger partial charge is 0.356 e. The van der Waals surface area contributed by atoms with Gasteiger partial charge in [-0.3, -0.25) is 4.79 Å². The Labute approximate surface area is 99.5 Å². The highest BCUT2D eigenvalue weighted by molar-refractivity contribution is 6.30. The van der Waals surface area contributed by atoms with E-state index < -0.39 is 0 Å². The van der Waals surface area contributed by atoms with Gasteiger partial charge in [-0.15, -0.1) is 0 Å². The number of rotatable bonds is 4. The van der Waals surface area contributed by atoms with Gasteiger partial charge >= 0.3 is 0 Å². The van der Waals surface area contributed by atoms with Crippen molar-refractivity contribution in [1.82, 2.24) is 10.3 Å². The fourth-order valence-corrected chi connectivity index (χ4v) is 2.03. The van der Waals surface area contributed by atoms with Crippen molar-refractivity contribution in [1.29, 1.82) is 0 Å². The maximum Gasteiger partial charge on any atom is 0.268 e. The van der Waals surface area contributed by atoms with Crippen LogP contribution in [0.15, 0.2) is 12.3 Å². The lowest BCUT2D eigenvalue weighted by Crippen LogP contribution is -2.53. The van der Waals surface area contributed by atoms with Crippen molar-refractivity contribution in [2.75, 3.05) is 6.54 Å². The average Bonchev–Trinajstić information content (AvgIpc) is 3.02. The van der Waals surface area contributed by atoms with E-state index >= 15 is 0 Å². The Morgan fingerprint density at radius 3 is 2.88 bits per heavy atom. The van der Waals surface area contributed by atoms with E-state index in [4.69, 9.17) is 17.3 Å². The zero-order valence-electron chi connectivity index (χ0n) is 9.22. The van der Waals surface area contributed by atoms with E-state index in [0.717, 1.165) is 12.8 Å². The second-order valence-electron chi connectivity index (χ2n) is 4.58. The Balaban J connectivity index is 2.06. The quantitative estimate of drug-likeness (QED) is 0.748. The molecular weight excluding hydrogens is 226 g/mol. The van der Waals surface area contributed by atoms with Gasteiger partial charge in [0.1, 0.15) is 5.69 Å². The van der Waals surface area contributed by atoms with Crippen molar-refractivity contribution in [2.45, 2.75) is 25.3 Å². The molecular formula is C11H16ClN3O. The molecule has 0 spiro atoms. The van der Waals surface area contributed by atoms with E-state index in [1.165, 1.54) is 0 Å². The van der Waals surface area contributed by atoms with Crippen molar-refractivity contribution in [3.63, 3.8) is 0 Å². The van der Waals surface area contributed by atoms with Crippen LogP contribution in [-0.2, 0) is 0 Å². The summed E-state index contributed by atoms with van der Waals surface area (Å²) in [7, 11) is 0. The smallest absolute Gasteiger partial charge is 0.268 e. The topological polar surface area (TPSA) is 70.9 Å². The number of amides is 1. The summed E-state index contributed by atoms with van der Waals surface area (Å²) in [5, 5.41) is 3.51. The van der Waals surface area contributed by atoms with Crippen LogP contribution in [0.5, 0.6) is 0 Å². The molecule has 1 atom stereocenters. The van der Waals surface area contributed by atoms with E-state index in [9.17, 15) is 4.79 Å². The van der Waals surface area contributed by atoms with Gasteiger partial charge in [-0.2, -0.15) is 0 Å². The molecule has 1 heterocycles. The van der Waals surface area contributed by atoms with Crippen LogP contribution >= 0.6 is 11.6 Å². The molecule has 2 rings (SSSR count). The molecule has 88 valence electrons. The summed E-state index contributed by atoms with van der Waals surface area (Å²) >= 11 is 5.75. The molecule has 1 aliphatic carbocycles. The van der Waals surface area contributed by atoms with Gasteiger partial charge in [0.2, 0.25) is 0 Å². The molecule has 0 saturated heterocycles. The van der Waals surface area contributed by atoms with Crippen LogP contribution in [0.1, 0.15) is 30.3 Å². The first kappa shape index (κ1) is 11.5. The Morgan fingerprint density at radius 2 is 2.44 bits per heavy atom. The van der Waals surface area contributed by atoms with E-state index in [1.54, 1.807) is 12.3 Å². The first-order chi connectivity index (χ1) is 7.55. The Hall–Kier alpha value is -1.00. The minimum Gasteiger partial charge on any atom is -0.356 e. The molecule has 16 heavy (non-hydrogen) atoms. The lowest BCUT2D eigenvalue weighted by atomic mass is 9.96. The predicted octanol–water partition coefficient (Wildman–Crippen LogP) is 1.53. The first-order valence-electron chi connectivity index (χ1n) is 5.41. The van der Waals surface area contributed by atoms with Gasteiger partial charge in [-0.25, -0.2) is 0 Å². The third kappa shape index (κ3) is 2.23. The maximum atomic E-state index is 11.9. The molecule has 1 fully saturated rings. The van der Waals surface area contributed by atoms with Crippen LogP contribution in [0.3, 0.4) is 0 Å². The number of carbonyl (C=O) groups is 1. The molecule has 1 aromatic rings. The molecule has 4 N–H and O–H groups in total. The summed E-state index contributed by atoms with van der Waals surface area (Å²) in [6, 6.07) is 1.61. The van der Waals surface area contributed by atoms with Gasteiger partial charge in [-0.1, -0.05) is 11.6 Å². The highest BCUT2D eigenvalue weighted by atomic mass is 35.5. The summed E-state index contributed by atoms with van der Waals surface area (Å²) in [6.45, 7) is 2.45. The Bertz CT molecular complexity index is 400. The lowest BCUT2D eigenvalue weighted by Gasteiger charge is -2.29. The van der Waals surface area contributed by atoms with E-state index in [0.29, 0.717) is 23.2 Å². The fourth-order valence-electron chi connectivity index (χ4n) is 1.87. The first-order valence-corrected chi connectivity index (χ1v) is 5.79. The minimum absolute atomic E-state index is 0.147. The van der Waals surface area contributed by atoms with Gasteiger partial charge in [-0.05, 0) is 31.7 Å². The number of nitrogens with two attached hydrogens (primary N) is 1. The molecule has 0 bridgehead atoms. The predicted molar refractivity (Wildman–Crippen MR) is 63.5 cm³/mol. The second-order valence-corrected chi connectivity index (χ2v) is 5.02. The number of nitrogens with one attached hydrogen (secondary N) is 2. The molecule has 1 saturated carbocycles. The molecule has 1 aliphatic rings. The maximum absolute atomic E-state index is 11.9. The van der Waals surface area contributed by atoms with Crippen molar-refractivity contribution in [3.8, 4) is 0 Å². The highest BCUT2D eigenvalue weighted by Crippen LogP contribution is 2.39. The van der Waals surface area contributed by atoms with Gasteiger partial charge in [0.15, 0.2) is 0 Å². The number of aromatic nitrogens is 1. The van der Waals surface area contributed by atoms with Gasteiger partial charge in [0, 0.05) is 12.7 Å². The summed E-state index contributed by atoms with van der Waals surface area (Å²) in [5.41, 5.74) is 5.91. The molecule has 4 nitrogen and oxygen atoms in total. The van der Waals surface area contributed by atoms with Crippen molar-refractivity contribution in [2.24, 2.45) is 11.7 Å². The van der Waals surface area contributed by atoms with Crippen LogP contribution in [-0.4, -0.2) is 23.0 Å². The fraction of sp³-hybridized carbons (Fsp3) is 0.545. The highest BCUT2D eigenvalue weighted by Gasteiger charge is 2.41. The normalized spacial score (nSPS) is 19.2. The Kier molecular flexibility index (Phi) is 2.95. The molecule has 0 aliphatic heterocycles. The SMILES string of the molecule is CC(CN)(NC(=O)c1cc(Cl)c[nH]1)C1CC1. The zero-order chi connectivity index (χ0) is 11.8. The van der Waals surface area contributed by atoms with Crippen LogP contribution in [0.4, 0.5) is 0 Å². The number of hydrogen-bond donors (Lipinski definition) is 3. The molecule has 1 aromatic heterocycles. The molecule has 1 unspecified atom stereocenters. The van der Waals surface area contributed by atoms with Gasteiger partial charge < -0.3 is 16.0 Å². The molecule has 5 heteroatoms. The third-order valence-electron chi connectivity index (χ3n) is 3.19. The Morgan fingerprint density at radius 1 is 1.75 bits per heavy atom. The van der Waals surface area contributed by atoms with Crippen LogP contribution in [0.2, 0.25) is 5.02 Å². The van der Waals surface area contributed by atoms with E-state index in [1.807, 2.05) is 6.92 Å². The van der Waals surface area contributed by atoms with Crippen molar-refractivity contribution >= 4 is 17.5 Å². The average molecular weight is 242 g/mol. The van der Waals surface area contributed by atoms with E-state index in [-0.39, 0.29) is 11.4 Å². The summed E-state index contributed by atoms with van der Waals surface area (Å²) in [6.07, 6.45) is 3.87. The summed E-state index contributed by atoms with van der Waals surface area (Å²) in [4.78, 5) is 14.7. The number of aromatic amines is 1. The third-order valence-corrected chi connectivity index (χ3v) is 3.41. The monoisotopic (exact) mass is 241 g/mol. The number of hydrogen-bond acceptors (Lipinski definition) is 2. The van der Waals surface area contributed by atoms with Crippen LogP contribution in [0.25, 0.3) is 0 Å². The van der Waals surface area contributed by atoms with E-state index in [2.05, 4.69) is 10.3 Å². The standard InChI is InChI=1S/C11H16ClN3O/c1-11(6-13,7-2-3-7)15-10(16)9-4-8(12)5-14-9/h4-5,7,14H,2-3,6,13H2,1H3,(H,15,16). The van der Waals surface area contributed by atoms with Gasteiger partial charge in [0.05, 0.1) is 10.6 Å². The van der Waals surface area contributed by atoms with Gasteiger partial charge in [0.25, 0.3) is 5.91 Å². The van der Waals surface area contributed by atoms with Crippen molar-refractivity contribution < 1.29 is 4.79 Å². The number of carbonyl (C=O) groups excluding carboxylic acids is 1. The summed E-state index contributed by atoms with van der Waals surface area (Å²) < 4.78 is 0. The number of halogens is 1. The molecule has 0 radical (unpaired) electrons. The summed E-state index contributed by atoms with van der Waals surface area (Å²) in [5.74, 6) is 0.360. The number of H-pyrrole nitrogens is 1. The molecule has 1 amide bonds. The zero-order valence-corrected chi connectivity index (χ0v) is 9.97. The van der Waals surface area contributed by atoms with Crippen molar-refractivity contribution in [3.05, 3.63) is 23.0 Å².